The number of hydrogen-bond acceptors (Lipinski definition) is 4. The summed E-state index contributed by atoms with van der Waals surface area (Å²) in [6.45, 7) is 3.30. The van der Waals surface area contributed by atoms with E-state index in [1.807, 2.05) is 41.9 Å². The summed E-state index contributed by atoms with van der Waals surface area (Å²) < 4.78 is 2.21. The maximum Gasteiger partial charge on any atom is 0.140 e. The van der Waals surface area contributed by atoms with E-state index in [1.165, 1.54) is 4.88 Å². The molecule has 2 fully saturated rings. The van der Waals surface area contributed by atoms with Crippen molar-refractivity contribution in [2.24, 2.45) is 11.8 Å². The summed E-state index contributed by atoms with van der Waals surface area (Å²) in [5.74, 6) is 2.23. The molecule has 5 heteroatoms. The topological polar surface area (TPSA) is 41.3 Å². The largest absolute Gasteiger partial charge is 0.391 e. The van der Waals surface area contributed by atoms with E-state index in [0.717, 1.165) is 43.9 Å². The molecule has 2 aromatic heterocycles. The van der Waals surface area contributed by atoms with E-state index in [1.54, 1.807) is 0 Å². The van der Waals surface area contributed by atoms with Crippen LogP contribution in [0.4, 0.5) is 0 Å². The fourth-order valence-electron chi connectivity index (χ4n) is 4.95. The third-order valence-corrected chi connectivity index (χ3v) is 7.06. The summed E-state index contributed by atoms with van der Waals surface area (Å²) in [6, 6.07) is 14.8. The van der Waals surface area contributed by atoms with E-state index in [9.17, 15) is 5.11 Å². The van der Waals surface area contributed by atoms with E-state index in [4.69, 9.17) is 0 Å². The molecule has 1 saturated heterocycles. The van der Waals surface area contributed by atoms with Gasteiger partial charge in [-0.3, -0.25) is 4.90 Å². The van der Waals surface area contributed by atoms with Gasteiger partial charge in [-0.1, -0.05) is 36.4 Å². The predicted molar refractivity (Wildman–Crippen MR) is 109 cm³/mol. The maximum atomic E-state index is 10.9. The molecule has 4 nitrogen and oxygen atoms in total. The quantitative estimate of drug-likeness (QED) is 0.743. The first-order valence-corrected chi connectivity index (χ1v) is 10.7. The minimum Gasteiger partial charge on any atom is -0.391 e. The first-order chi connectivity index (χ1) is 13.3. The lowest BCUT2D eigenvalue weighted by molar-refractivity contribution is 0.0365. The van der Waals surface area contributed by atoms with Gasteiger partial charge in [-0.15, -0.1) is 11.3 Å². The highest BCUT2D eigenvalue weighted by Gasteiger charge is 2.42. The summed E-state index contributed by atoms with van der Waals surface area (Å²) in [5.41, 5.74) is 1.11. The van der Waals surface area contributed by atoms with Crippen LogP contribution in [0.15, 0.2) is 60.2 Å². The van der Waals surface area contributed by atoms with Gasteiger partial charge < -0.3 is 9.67 Å². The third-order valence-electron chi connectivity index (χ3n) is 6.20. The number of likely N-dealkylation sites (tertiary alicyclic amines) is 1. The van der Waals surface area contributed by atoms with Crippen molar-refractivity contribution < 1.29 is 5.11 Å². The second-order valence-corrected chi connectivity index (χ2v) is 8.96. The van der Waals surface area contributed by atoms with Crippen LogP contribution >= 0.6 is 11.3 Å². The van der Waals surface area contributed by atoms with Crippen LogP contribution in [0.5, 0.6) is 0 Å². The number of rotatable bonds is 4. The van der Waals surface area contributed by atoms with Crippen LogP contribution < -0.4 is 0 Å². The van der Waals surface area contributed by atoms with Crippen molar-refractivity contribution in [3.8, 4) is 11.4 Å². The van der Waals surface area contributed by atoms with Crippen molar-refractivity contribution in [3.63, 3.8) is 0 Å². The van der Waals surface area contributed by atoms with Crippen molar-refractivity contribution in [1.82, 2.24) is 14.5 Å². The fraction of sp³-hybridized carbons (Fsp3) is 0.409. The molecule has 2 aliphatic rings. The Morgan fingerprint density at radius 2 is 1.85 bits per heavy atom. The molecule has 0 amide bonds. The number of aliphatic hydroxyl groups excluding tert-OH is 1. The summed E-state index contributed by atoms with van der Waals surface area (Å²) in [7, 11) is 0. The lowest BCUT2D eigenvalue weighted by Crippen LogP contribution is -2.36. The standard InChI is InChI=1S/C22H25N3OS/c26-21-12-18-14-24(15-19-7-4-10-27-19)13-17(18)11-20(21)25-9-8-23-22(25)16-5-2-1-3-6-16/h1-10,17-18,20-21,26H,11-15H2/t17-,18+,20-,21-/m0/s1. The van der Waals surface area contributed by atoms with Crippen LogP contribution in [0, 0.1) is 11.8 Å². The number of imidazole rings is 1. The zero-order chi connectivity index (χ0) is 18.2. The van der Waals surface area contributed by atoms with Gasteiger partial charge in [-0.2, -0.15) is 0 Å². The number of benzene rings is 1. The molecule has 1 aliphatic carbocycles. The van der Waals surface area contributed by atoms with Crippen LogP contribution in [0.1, 0.15) is 23.8 Å². The van der Waals surface area contributed by atoms with E-state index in [0.29, 0.717) is 11.8 Å². The molecule has 1 aromatic carbocycles. The molecule has 0 spiro atoms. The van der Waals surface area contributed by atoms with Gasteiger partial charge in [0.2, 0.25) is 0 Å². The van der Waals surface area contributed by atoms with Crippen molar-refractivity contribution >= 4 is 11.3 Å². The predicted octanol–water partition coefficient (Wildman–Crippen LogP) is 4.06. The minimum absolute atomic E-state index is 0.116. The Morgan fingerprint density at radius 1 is 1.04 bits per heavy atom. The molecule has 3 aromatic rings. The molecule has 0 radical (unpaired) electrons. The number of aliphatic hydroxyl groups is 1. The van der Waals surface area contributed by atoms with Crippen molar-refractivity contribution in [3.05, 3.63) is 65.1 Å². The van der Waals surface area contributed by atoms with Gasteiger partial charge >= 0.3 is 0 Å². The number of nitrogens with zero attached hydrogens (tertiary/aromatic N) is 3. The van der Waals surface area contributed by atoms with E-state index < -0.39 is 0 Å². The van der Waals surface area contributed by atoms with Crippen LogP contribution in [0.3, 0.4) is 0 Å². The molecule has 4 atom stereocenters. The van der Waals surface area contributed by atoms with Gasteiger partial charge in [0.15, 0.2) is 0 Å². The Morgan fingerprint density at radius 3 is 2.63 bits per heavy atom. The zero-order valence-electron chi connectivity index (χ0n) is 15.3. The highest BCUT2D eigenvalue weighted by Crippen LogP contribution is 2.42. The fourth-order valence-corrected chi connectivity index (χ4v) is 5.69. The van der Waals surface area contributed by atoms with E-state index >= 15 is 0 Å². The van der Waals surface area contributed by atoms with Crippen LogP contribution in [-0.2, 0) is 6.54 Å². The molecule has 1 N–H and O–H groups in total. The van der Waals surface area contributed by atoms with Gasteiger partial charge in [0.25, 0.3) is 0 Å². The number of aromatic nitrogens is 2. The molecule has 0 unspecified atom stereocenters. The average Bonchev–Trinajstić information content (AvgIpc) is 3.42. The first kappa shape index (κ1) is 17.2. The Kier molecular flexibility index (Phi) is 4.60. The van der Waals surface area contributed by atoms with Gasteiger partial charge in [0.1, 0.15) is 5.82 Å². The molecule has 1 aliphatic heterocycles. The second-order valence-electron chi connectivity index (χ2n) is 7.92. The van der Waals surface area contributed by atoms with Gasteiger partial charge in [-0.05, 0) is 36.1 Å². The molecule has 27 heavy (non-hydrogen) atoms. The van der Waals surface area contributed by atoms with Crippen molar-refractivity contribution in [2.45, 2.75) is 31.5 Å². The lowest BCUT2D eigenvalue weighted by Gasteiger charge is -2.36. The highest BCUT2D eigenvalue weighted by molar-refractivity contribution is 7.09. The smallest absolute Gasteiger partial charge is 0.140 e. The molecule has 0 bridgehead atoms. The van der Waals surface area contributed by atoms with Gasteiger partial charge in [-0.25, -0.2) is 4.98 Å². The Bertz CT molecular complexity index is 876. The number of hydrogen-bond donors (Lipinski definition) is 1. The molecular formula is C22H25N3OS. The van der Waals surface area contributed by atoms with Gasteiger partial charge in [0, 0.05) is 42.5 Å². The van der Waals surface area contributed by atoms with Crippen LogP contribution in [-0.4, -0.2) is 38.8 Å². The highest BCUT2D eigenvalue weighted by atomic mass is 32.1. The molecule has 5 rings (SSSR count). The summed E-state index contributed by atoms with van der Waals surface area (Å²) in [6.07, 6.45) is 5.52. The average molecular weight is 380 g/mol. The van der Waals surface area contributed by atoms with Crippen LogP contribution in [0.25, 0.3) is 11.4 Å². The number of fused-ring (bicyclic) bond motifs is 1. The van der Waals surface area contributed by atoms with Crippen molar-refractivity contribution in [1.29, 1.82) is 0 Å². The van der Waals surface area contributed by atoms with Gasteiger partial charge in [0.05, 0.1) is 12.1 Å². The number of thiophene rings is 1. The second kappa shape index (κ2) is 7.23. The first-order valence-electron chi connectivity index (χ1n) is 9.79. The van der Waals surface area contributed by atoms with Crippen LogP contribution in [0.2, 0.25) is 0 Å². The zero-order valence-corrected chi connectivity index (χ0v) is 16.1. The molecular weight excluding hydrogens is 354 g/mol. The Labute approximate surface area is 164 Å². The third kappa shape index (κ3) is 3.35. The lowest BCUT2D eigenvalue weighted by atomic mass is 9.77. The Hall–Kier alpha value is -1.95. The SMILES string of the molecule is O[C@H]1C[C@@H]2CN(Cc3cccs3)C[C@@H]2C[C@@H]1n1ccnc1-c1ccccc1. The monoisotopic (exact) mass is 379 g/mol. The molecule has 1 saturated carbocycles. The summed E-state index contributed by atoms with van der Waals surface area (Å²) >= 11 is 1.84. The normalized spacial score (nSPS) is 28.3. The molecule has 140 valence electrons. The van der Waals surface area contributed by atoms with E-state index in [-0.39, 0.29) is 12.1 Å². The molecule has 3 heterocycles. The summed E-state index contributed by atoms with van der Waals surface area (Å²) in [5, 5.41) is 13.1. The Balaban J connectivity index is 1.34. The van der Waals surface area contributed by atoms with E-state index in [2.05, 4.69) is 44.1 Å². The van der Waals surface area contributed by atoms with Crippen molar-refractivity contribution in [2.75, 3.05) is 13.1 Å². The summed E-state index contributed by atoms with van der Waals surface area (Å²) in [4.78, 5) is 8.60. The maximum absolute atomic E-state index is 10.9. The minimum atomic E-state index is -0.301.